The first kappa shape index (κ1) is 7.33. The molecular formula is C10H15F. The van der Waals surface area contributed by atoms with E-state index in [0.717, 1.165) is 12.8 Å². The lowest BCUT2D eigenvalue weighted by Crippen LogP contribution is -2.08. The summed E-state index contributed by atoms with van der Waals surface area (Å²) in [5.74, 6) is 0.304. The van der Waals surface area contributed by atoms with Crippen LogP contribution in [-0.2, 0) is 0 Å². The minimum Gasteiger partial charge on any atom is -0.243 e. The van der Waals surface area contributed by atoms with Gasteiger partial charge in [-0.1, -0.05) is 18.6 Å². The predicted octanol–water partition coefficient (Wildman–Crippen LogP) is 3.09. The average molecular weight is 154 g/mol. The van der Waals surface area contributed by atoms with Gasteiger partial charge in [0.15, 0.2) is 0 Å². The van der Waals surface area contributed by atoms with E-state index < -0.39 is 5.67 Å². The zero-order valence-corrected chi connectivity index (χ0v) is 7.45. The molecule has 0 nitrogen and oxygen atoms in total. The summed E-state index contributed by atoms with van der Waals surface area (Å²) in [4.78, 5) is 0. The van der Waals surface area contributed by atoms with E-state index in [4.69, 9.17) is 0 Å². The molecule has 0 aliphatic heterocycles. The van der Waals surface area contributed by atoms with Crippen LogP contribution in [0.1, 0.15) is 33.6 Å². The molecular weight excluding hydrogens is 139 g/mol. The van der Waals surface area contributed by atoms with Crippen molar-refractivity contribution in [2.45, 2.75) is 39.3 Å². The van der Waals surface area contributed by atoms with Crippen LogP contribution in [-0.4, -0.2) is 5.67 Å². The fourth-order valence-electron chi connectivity index (χ4n) is 2.68. The Morgan fingerprint density at radius 1 is 1.55 bits per heavy atom. The Bertz CT molecular complexity index is 227. The van der Waals surface area contributed by atoms with E-state index in [1.165, 1.54) is 5.57 Å². The first-order valence-electron chi connectivity index (χ1n) is 4.33. The van der Waals surface area contributed by atoms with Gasteiger partial charge in [0, 0.05) is 11.3 Å². The van der Waals surface area contributed by atoms with Crippen LogP contribution in [0, 0.1) is 11.3 Å². The van der Waals surface area contributed by atoms with Crippen LogP contribution in [0.2, 0.25) is 0 Å². The second-order valence-electron chi connectivity index (χ2n) is 4.51. The van der Waals surface area contributed by atoms with Crippen LogP contribution in [0.3, 0.4) is 0 Å². The zero-order valence-electron chi connectivity index (χ0n) is 7.45. The number of hydrogen-bond donors (Lipinski definition) is 0. The Balaban J connectivity index is 2.26. The molecule has 0 bridgehead atoms. The molecule has 0 heterocycles. The van der Waals surface area contributed by atoms with Crippen molar-refractivity contribution in [1.29, 1.82) is 0 Å². The van der Waals surface area contributed by atoms with Gasteiger partial charge < -0.3 is 0 Å². The fraction of sp³-hybridized carbons (Fsp3) is 0.800. The minimum absolute atomic E-state index is 0.0220. The van der Waals surface area contributed by atoms with Crippen molar-refractivity contribution < 1.29 is 4.39 Å². The van der Waals surface area contributed by atoms with Gasteiger partial charge in [0.25, 0.3) is 0 Å². The second kappa shape index (κ2) is 1.70. The molecule has 1 fully saturated rings. The Morgan fingerprint density at radius 3 is 2.64 bits per heavy atom. The molecule has 62 valence electrons. The Labute approximate surface area is 67.5 Å². The summed E-state index contributed by atoms with van der Waals surface area (Å²) in [6, 6.07) is 0. The highest BCUT2D eigenvalue weighted by atomic mass is 19.1. The Morgan fingerprint density at radius 2 is 2.18 bits per heavy atom. The summed E-state index contributed by atoms with van der Waals surface area (Å²) in [7, 11) is 0. The van der Waals surface area contributed by atoms with E-state index in [2.05, 4.69) is 19.9 Å². The molecule has 0 aromatic carbocycles. The van der Waals surface area contributed by atoms with Gasteiger partial charge in [0.05, 0.1) is 0 Å². The molecule has 2 rings (SSSR count). The van der Waals surface area contributed by atoms with Crippen molar-refractivity contribution in [2.24, 2.45) is 11.3 Å². The molecule has 0 aromatic heterocycles. The lowest BCUT2D eigenvalue weighted by Gasteiger charge is -2.15. The molecule has 0 N–H and O–H groups in total. The van der Waals surface area contributed by atoms with Crippen molar-refractivity contribution in [3.8, 4) is 0 Å². The number of halogens is 1. The third kappa shape index (κ3) is 0.692. The lowest BCUT2D eigenvalue weighted by atomic mass is 9.90. The average Bonchev–Trinajstić information content (AvgIpc) is 2.26. The largest absolute Gasteiger partial charge is 0.243 e. The molecule has 3 unspecified atom stereocenters. The third-order valence-electron chi connectivity index (χ3n) is 3.80. The minimum atomic E-state index is -0.888. The molecule has 3 atom stereocenters. The van der Waals surface area contributed by atoms with E-state index in [1.54, 1.807) is 6.92 Å². The topological polar surface area (TPSA) is 0 Å². The third-order valence-corrected chi connectivity index (χ3v) is 3.80. The van der Waals surface area contributed by atoms with Gasteiger partial charge in [0.2, 0.25) is 0 Å². The number of alkyl halides is 1. The summed E-state index contributed by atoms with van der Waals surface area (Å²) < 4.78 is 13.7. The van der Waals surface area contributed by atoms with Gasteiger partial charge >= 0.3 is 0 Å². The Kier molecular flexibility index (Phi) is 1.13. The monoisotopic (exact) mass is 154 g/mol. The van der Waals surface area contributed by atoms with E-state index >= 15 is 0 Å². The highest BCUT2D eigenvalue weighted by molar-refractivity contribution is 5.28. The fourth-order valence-corrected chi connectivity index (χ4v) is 2.68. The quantitative estimate of drug-likeness (QED) is 0.470. The molecule has 1 heteroatoms. The van der Waals surface area contributed by atoms with Gasteiger partial charge in [-0.25, -0.2) is 4.39 Å². The number of fused-ring (bicyclic) bond motifs is 1. The van der Waals surface area contributed by atoms with Crippen molar-refractivity contribution in [1.82, 2.24) is 0 Å². The Hall–Kier alpha value is -0.330. The SMILES string of the molecule is CC1=CCC2C(C)(F)C2(C)C1. The van der Waals surface area contributed by atoms with Gasteiger partial charge in [-0.05, 0) is 26.7 Å². The summed E-state index contributed by atoms with van der Waals surface area (Å²) in [6.07, 6.45) is 4.11. The molecule has 2 aliphatic carbocycles. The normalized spacial score (nSPS) is 54.9. The van der Waals surface area contributed by atoms with E-state index in [1.807, 2.05) is 0 Å². The van der Waals surface area contributed by atoms with E-state index in [0.29, 0.717) is 5.92 Å². The zero-order chi connectivity index (χ0) is 8.28. The van der Waals surface area contributed by atoms with Gasteiger partial charge in [-0.2, -0.15) is 0 Å². The van der Waals surface area contributed by atoms with Crippen LogP contribution < -0.4 is 0 Å². The first-order chi connectivity index (χ1) is 4.98. The molecule has 0 spiro atoms. The lowest BCUT2D eigenvalue weighted by molar-refractivity contribution is 0.255. The molecule has 0 radical (unpaired) electrons. The highest BCUT2D eigenvalue weighted by Gasteiger charge is 2.72. The smallest absolute Gasteiger partial charge is 0.118 e. The van der Waals surface area contributed by atoms with Gasteiger partial charge in [-0.3, -0.25) is 0 Å². The van der Waals surface area contributed by atoms with Crippen molar-refractivity contribution in [3.63, 3.8) is 0 Å². The highest BCUT2D eigenvalue weighted by Crippen LogP contribution is 2.70. The molecule has 0 aromatic rings. The number of rotatable bonds is 0. The van der Waals surface area contributed by atoms with Gasteiger partial charge in [-0.15, -0.1) is 0 Å². The molecule has 11 heavy (non-hydrogen) atoms. The van der Waals surface area contributed by atoms with Crippen LogP contribution >= 0.6 is 0 Å². The molecule has 2 aliphatic rings. The van der Waals surface area contributed by atoms with E-state index in [-0.39, 0.29) is 5.41 Å². The van der Waals surface area contributed by atoms with Crippen LogP contribution in [0.25, 0.3) is 0 Å². The maximum absolute atomic E-state index is 13.7. The maximum Gasteiger partial charge on any atom is 0.118 e. The van der Waals surface area contributed by atoms with Gasteiger partial charge in [0.1, 0.15) is 5.67 Å². The second-order valence-corrected chi connectivity index (χ2v) is 4.51. The molecule has 0 amide bonds. The van der Waals surface area contributed by atoms with Crippen molar-refractivity contribution in [2.75, 3.05) is 0 Å². The number of hydrogen-bond acceptors (Lipinski definition) is 0. The summed E-state index contributed by atoms with van der Waals surface area (Å²) in [5, 5.41) is 0. The van der Waals surface area contributed by atoms with Crippen LogP contribution in [0.5, 0.6) is 0 Å². The molecule has 1 saturated carbocycles. The first-order valence-corrected chi connectivity index (χ1v) is 4.33. The molecule has 0 saturated heterocycles. The van der Waals surface area contributed by atoms with Crippen molar-refractivity contribution in [3.05, 3.63) is 11.6 Å². The standard InChI is InChI=1S/C10H15F/c1-7-4-5-8-9(2,6-7)10(8,3)11/h4,8H,5-6H2,1-3H3. The van der Waals surface area contributed by atoms with Crippen molar-refractivity contribution >= 4 is 0 Å². The van der Waals surface area contributed by atoms with Crippen LogP contribution in [0.4, 0.5) is 4.39 Å². The summed E-state index contributed by atoms with van der Waals surface area (Å²) in [5.41, 5.74) is 0.456. The van der Waals surface area contributed by atoms with Crippen LogP contribution in [0.15, 0.2) is 11.6 Å². The predicted molar refractivity (Wildman–Crippen MR) is 44.1 cm³/mol. The number of allylic oxidation sites excluding steroid dienone is 2. The van der Waals surface area contributed by atoms with E-state index in [9.17, 15) is 4.39 Å². The summed E-state index contributed by atoms with van der Waals surface area (Å²) in [6.45, 7) is 5.94. The summed E-state index contributed by atoms with van der Waals surface area (Å²) >= 11 is 0. The maximum atomic E-state index is 13.7.